The van der Waals surface area contributed by atoms with Crippen molar-refractivity contribution in [2.75, 3.05) is 0 Å². The molecule has 118 valence electrons. The standard InChI is InChI=1S/C18H14N4O2/c23-11-17-19-18(22-24-17)13-6-2-1-5-12(13)9-10-16-14-7-3-4-8-15(14)20-21-16/h1-10,23H,11H2,(H,20,21). The number of aliphatic hydroxyl groups is 1. The normalized spacial score (nSPS) is 11.5. The predicted molar refractivity (Wildman–Crippen MR) is 90.7 cm³/mol. The molecule has 0 aliphatic carbocycles. The number of aromatic amines is 1. The van der Waals surface area contributed by atoms with Crippen LogP contribution >= 0.6 is 0 Å². The summed E-state index contributed by atoms with van der Waals surface area (Å²) in [6.07, 6.45) is 3.91. The smallest absolute Gasteiger partial charge is 0.252 e. The molecule has 0 bridgehead atoms. The molecule has 6 heteroatoms. The van der Waals surface area contributed by atoms with Gasteiger partial charge >= 0.3 is 0 Å². The molecule has 0 aliphatic rings. The van der Waals surface area contributed by atoms with Gasteiger partial charge in [0.25, 0.3) is 5.89 Å². The summed E-state index contributed by atoms with van der Waals surface area (Å²) < 4.78 is 4.98. The fourth-order valence-electron chi connectivity index (χ4n) is 2.55. The summed E-state index contributed by atoms with van der Waals surface area (Å²) in [4.78, 5) is 4.17. The van der Waals surface area contributed by atoms with E-state index in [0.29, 0.717) is 5.82 Å². The average Bonchev–Trinajstić information content (AvgIpc) is 3.27. The van der Waals surface area contributed by atoms with Gasteiger partial charge in [0.1, 0.15) is 6.61 Å². The molecule has 0 aliphatic heterocycles. The zero-order valence-electron chi connectivity index (χ0n) is 12.7. The van der Waals surface area contributed by atoms with Gasteiger partial charge in [0, 0.05) is 10.9 Å². The Morgan fingerprint density at radius 3 is 2.75 bits per heavy atom. The second-order valence-corrected chi connectivity index (χ2v) is 5.24. The fraction of sp³-hybridized carbons (Fsp3) is 0.0556. The molecular formula is C18H14N4O2. The van der Waals surface area contributed by atoms with E-state index >= 15 is 0 Å². The van der Waals surface area contributed by atoms with Crippen LogP contribution in [0, 0.1) is 0 Å². The van der Waals surface area contributed by atoms with E-state index in [1.165, 1.54) is 0 Å². The van der Waals surface area contributed by atoms with E-state index in [9.17, 15) is 0 Å². The Hall–Kier alpha value is -3.25. The Kier molecular flexibility index (Phi) is 3.64. The minimum atomic E-state index is -0.274. The molecule has 2 aromatic carbocycles. The molecular weight excluding hydrogens is 304 g/mol. The van der Waals surface area contributed by atoms with Crippen LogP contribution in [0.25, 0.3) is 34.4 Å². The van der Waals surface area contributed by atoms with E-state index < -0.39 is 0 Å². The maximum Gasteiger partial charge on any atom is 0.252 e. The molecule has 0 amide bonds. The summed E-state index contributed by atoms with van der Waals surface area (Å²) in [7, 11) is 0. The van der Waals surface area contributed by atoms with Gasteiger partial charge in [-0.3, -0.25) is 5.10 Å². The van der Waals surface area contributed by atoms with Gasteiger partial charge in [-0.05, 0) is 17.7 Å². The Bertz CT molecular complexity index is 1020. The minimum Gasteiger partial charge on any atom is -0.387 e. The van der Waals surface area contributed by atoms with Gasteiger partial charge in [0.2, 0.25) is 5.82 Å². The molecule has 0 spiro atoms. The van der Waals surface area contributed by atoms with Gasteiger partial charge in [0.05, 0.1) is 11.2 Å². The molecule has 0 radical (unpaired) electrons. The van der Waals surface area contributed by atoms with E-state index in [-0.39, 0.29) is 12.5 Å². The predicted octanol–water partition coefficient (Wildman–Crippen LogP) is 3.28. The lowest BCUT2D eigenvalue weighted by Crippen LogP contribution is -1.86. The van der Waals surface area contributed by atoms with E-state index in [1.807, 2.05) is 60.7 Å². The van der Waals surface area contributed by atoms with Crippen LogP contribution in [-0.4, -0.2) is 25.4 Å². The van der Waals surface area contributed by atoms with Crippen LogP contribution in [0.5, 0.6) is 0 Å². The lowest BCUT2D eigenvalue weighted by molar-refractivity contribution is 0.222. The van der Waals surface area contributed by atoms with Gasteiger partial charge in [-0.1, -0.05) is 53.7 Å². The minimum absolute atomic E-state index is 0.196. The molecule has 24 heavy (non-hydrogen) atoms. The molecule has 4 aromatic rings. The monoisotopic (exact) mass is 318 g/mol. The first-order valence-corrected chi connectivity index (χ1v) is 7.49. The maximum absolute atomic E-state index is 9.07. The van der Waals surface area contributed by atoms with E-state index in [4.69, 9.17) is 9.63 Å². The summed E-state index contributed by atoms with van der Waals surface area (Å²) >= 11 is 0. The van der Waals surface area contributed by atoms with Crippen molar-refractivity contribution in [1.29, 1.82) is 0 Å². The van der Waals surface area contributed by atoms with Crippen molar-refractivity contribution in [3.8, 4) is 11.4 Å². The molecule has 0 saturated heterocycles. The molecule has 2 aromatic heterocycles. The number of nitrogens with zero attached hydrogens (tertiary/aromatic N) is 3. The van der Waals surface area contributed by atoms with Crippen LogP contribution in [0.4, 0.5) is 0 Å². The Labute approximate surface area is 137 Å². The van der Waals surface area contributed by atoms with Crippen LogP contribution in [-0.2, 0) is 6.61 Å². The molecule has 0 atom stereocenters. The third-order valence-electron chi connectivity index (χ3n) is 3.73. The quantitative estimate of drug-likeness (QED) is 0.603. The van der Waals surface area contributed by atoms with Crippen LogP contribution in [0.2, 0.25) is 0 Å². The van der Waals surface area contributed by atoms with Crippen LogP contribution < -0.4 is 0 Å². The number of aliphatic hydroxyl groups excluding tert-OH is 1. The fourth-order valence-corrected chi connectivity index (χ4v) is 2.55. The van der Waals surface area contributed by atoms with Gasteiger partial charge in [-0.15, -0.1) is 0 Å². The first-order chi connectivity index (χ1) is 11.8. The van der Waals surface area contributed by atoms with Crippen LogP contribution in [0.15, 0.2) is 53.1 Å². The van der Waals surface area contributed by atoms with Crippen molar-refractivity contribution < 1.29 is 9.63 Å². The van der Waals surface area contributed by atoms with Crippen LogP contribution in [0.1, 0.15) is 17.1 Å². The molecule has 0 saturated carbocycles. The Morgan fingerprint density at radius 2 is 1.88 bits per heavy atom. The lowest BCUT2D eigenvalue weighted by atomic mass is 10.1. The van der Waals surface area contributed by atoms with E-state index in [2.05, 4.69) is 20.3 Å². The van der Waals surface area contributed by atoms with Gasteiger partial charge in [-0.25, -0.2) is 0 Å². The Morgan fingerprint density at radius 1 is 1.04 bits per heavy atom. The number of hydrogen-bond donors (Lipinski definition) is 2. The summed E-state index contributed by atoms with van der Waals surface area (Å²) in [5.41, 5.74) is 3.63. The zero-order chi connectivity index (χ0) is 16.4. The van der Waals surface area contributed by atoms with Gasteiger partial charge < -0.3 is 9.63 Å². The molecule has 4 rings (SSSR count). The number of benzene rings is 2. The average molecular weight is 318 g/mol. The highest BCUT2D eigenvalue weighted by Gasteiger charge is 2.10. The second kappa shape index (κ2) is 6.10. The van der Waals surface area contributed by atoms with E-state index in [1.54, 1.807) is 0 Å². The summed E-state index contributed by atoms with van der Waals surface area (Å²) in [5.74, 6) is 0.647. The zero-order valence-corrected chi connectivity index (χ0v) is 12.7. The molecule has 6 nitrogen and oxygen atoms in total. The second-order valence-electron chi connectivity index (χ2n) is 5.24. The van der Waals surface area contributed by atoms with Crippen molar-refractivity contribution in [3.05, 3.63) is 65.7 Å². The number of fused-ring (bicyclic) bond motifs is 1. The SMILES string of the molecule is OCc1nc(-c2ccccc2C=Cc2n[nH]c3ccccc23)no1. The summed E-state index contributed by atoms with van der Waals surface area (Å²) in [5, 5.41) is 21.4. The molecule has 2 N–H and O–H groups in total. The number of rotatable bonds is 4. The third kappa shape index (κ3) is 2.59. The molecule has 2 heterocycles. The van der Waals surface area contributed by atoms with Crippen LogP contribution in [0.3, 0.4) is 0 Å². The van der Waals surface area contributed by atoms with Crippen molar-refractivity contribution in [1.82, 2.24) is 20.3 Å². The third-order valence-corrected chi connectivity index (χ3v) is 3.73. The lowest BCUT2D eigenvalue weighted by Gasteiger charge is -2.00. The number of H-pyrrole nitrogens is 1. The van der Waals surface area contributed by atoms with Crippen molar-refractivity contribution in [3.63, 3.8) is 0 Å². The van der Waals surface area contributed by atoms with Gasteiger partial charge in [-0.2, -0.15) is 10.1 Å². The number of nitrogens with one attached hydrogen (secondary N) is 1. The van der Waals surface area contributed by atoms with E-state index in [0.717, 1.165) is 27.7 Å². The Balaban J connectivity index is 1.72. The maximum atomic E-state index is 9.07. The number of hydrogen-bond acceptors (Lipinski definition) is 5. The highest BCUT2D eigenvalue weighted by Crippen LogP contribution is 2.24. The summed E-state index contributed by atoms with van der Waals surface area (Å²) in [6.45, 7) is -0.274. The molecule has 0 unspecified atom stereocenters. The number of aromatic nitrogens is 4. The van der Waals surface area contributed by atoms with Crippen molar-refractivity contribution >= 4 is 23.1 Å². The van der Waals surface area contributed by atoms with Crippen molar-refractivity contribution in [2.45, 2.75) is 6.61 Å². The number of para-hydroxylation sites is 1. The highest BCUT2D eigenvalue weighted by molar-refractivity contribution is 5.90. The topological polar surface area (TPSA) is 87.8 Å². The first kappa shape index (κ1) is 14.3. The summed E-state index contributed by atoms with van der Waals surface area (Å²) in [6, 6.07) is 15.7. The first-order valence-electron chi connectivity index (χ1n) is 7.49. The van der Waals surface area contributed by atoms with Crippen molar-refractivity contribution in [2.24, 2.45) is 0 Å². The largest absolute Gasteiger partial charge is 0.387 e. The van der Waals surface area contributed by atoms with Gasteiger partial charge in [0.15, 0.2) is 0 Å². The molecule has 0 fully saturated rings. The highest BCUT2D eigenvalue weighted by atomic mass is 16.5.